The maximum absolute atomic E-state index is 13.2. The molecule has 1 aromatic heterocycles. The van der Waals surface area contributed by atoms with Gasteiger partial charge in [-0.15, -0.1) is 23.1 Å². The molecule has 0 spiro atoms. The number of hydrogen-bond donors (Lipinski definition) is 2. The summed E-state index contributed by atoms with van der Waals surface area (Å²) in [5, 5.41) is 6.65. The highest BCUT2D eigenvalue weighted by atomic mass is 32.2. The van der Waals surface area contributed by atoms with Gasteiger partial charge in [-0.1, -0.05) is 30.3 Å². The Labute approximate surface area is 196 Å². The minimum absolute atomic E-state index is 0.145. The largest absolute Gasteiger partial charge is 0.496 e. The number of fused-ring (bicyclic) bond motifs is 1. The van der Waals surface area contributed by atoms with Crippen LogP contribution in [0.4, 0.5) is 5.00 Å². The van der Waals surface area contributed by atoms with E-state index in [2.05, 4.69) is 10.6 Å². The van der Waals surface area contributed by atoms with Crippen molar-refractivity contribution in [1.29, 1.82) is 0 Å². The molecule has 7 heteroatoms. The fourth-order valence-electron chi connectivity index (χ4n) is 3.92. The highest BCUT2D eigenvalue weighted by molar-refractivity contribution is 7.98. The number of aryl methyl sites for hydroxylation is 1. The number of methoxy groups -OCH3 is 1. The van der Waals surface area contributed by atoms with E-state index in [0.29, 0.717) is 28.4 Å². The molecule has 2 amide bonds. The van der Waals surface area contributed by atoms with Crippen molar-refractivity contribution in [2.45, 2.75) is 37.1 Å². The zero-order valence-corrected chi connectivity index (χ0v) is 19.8. The number of carbonyl (C=O) groups excluding carboxylic acids is 2. The van der Waals surface area contributed by atoms with E-state index in [9.17, 15) is 9.59 Å². The zero-order chi connectivity index (χ0) is 22.5. The van der Waals surface area contributed by atoms with Gasteiger partial charge in [-0.25, -0.2) is 0 Å². The second-order valence-electron chi connectivity index (χ2n) is 7.60. The Morgan fingerprint density at radius 2 is 1.84 bits per heavy atom. The van der Waals surface area contributed by atoms with Crippen LogP contribution in [0, 0.1) is 0 Å². The molecule has 32 heavy (non-hydrogen) atoms. The normalized spacial score (nSPS) is 12.7. The summed E-state index contributed by atoms with van der Waals surface area (Å²) in [5.74, 6) is 0.101. The van der Waals surface area contributed by atoms with Gasteiger partial charge in [0.1, 0.15) is 10.8 Å². The topological polar surface area (TPSA) is 67.4 Å². The third kappa shape index (κ3) is 4.84. The van der Waals surface area contributed by atoms with E-state index >= 15 is 0 Å². The van der Waals surface area contributed by atoms with Gasteiger partial charge in [0.15, 0.2) is 0 Å². The van der Waals surface area contributed by atoms with Crippen LogP contribution in [0.2, 0.25) is 0 Å². The monoisotopic (exact) mass is 466 g/mol. The van der Waals surface area contributed by atoms with Gasteiger partial charge in [0.05, 0.1) is 18.2 Å². The van der Waals surface area contributed by atoms with Gasteiger partial charge in [0.2, 0.25) is 0 Å². The number of amides is 2. The number of carbonyl (C=O) groups is 2. The first kappa shape index (κ1) is 22.4. The van der Waals surface area contributed by atoms with Crippen LogP contribution in [0.15, 0.2) is 53.4 Å². The Kier molecular flexibility index (Phi) is 7.17. The molecular formula is C25H26N2O3S2. The van der Waals surface area contributed by atoms with Crippen molar-refractivity contribution < 1.29 is 14.3 Å². The van der Waals surface area contributed by atoms with Crippen LogP contribution in [-0.2, 0) is 19.4 Å². The lowest BCUT2D eigenvalue weighted by Crippen LogP contribution is -2.25. The Bertz CT molecular complexity index is 1130. The summed E-state index contributed by atoms with van der Waals surface area (Å²) in [5.41, 5.74) is 3.17. The van der Waals surface area contributed by atoms with Crippen LogP contribution >= 0.6 is 23.1 Å². The Morgan fingerprint density at radius 1 is 1.06 bits per heavy atom. The van der Waals surface area contributed by atoms with E-state index in [-0.39, 0.29) is 11.8 Å². The zero-order valence-electron chi connectivity index (χ0n) is 18.2. The minimum Gasteiger partial charge on any atom is -0.496 e. The molecule has 2 N–H and O–H groups in total. The molecule has 1 heterocycles. The molecule has 0 saturated heterocycles. The molecule has 166 valence electrons. The average Bonchev–Trinajstić information content (AvgIpc) is 3.20. The lowest BCUT2D eigenvalue weighted by Gasteiger charge is -2.14. The molecule has 0 bridgehead atoms. The van der Waals surface area contributed by atoms with Crippen LogP contribution in [-0.4, -0.2) is 25.2 Å². The van der Waals surface area contributed by atoms with Crippen LogP contribution in [0.25, 0.3) is 0 Å². The van der Waals surface area contributed by atoms with Gasteiger partial charge in [-0.2, -0.15) is 0 Å². The molecule has 1 aliphatic rings. The highest BCUT2D eigenvalue weighted by Gasteiger charge is 2.27. The van der Waals surface area contributed by atoms with Gasteiger partial charge in [-0.05, 0) is 61.3 Å². The first-order valence-electron chi connectivity index (χ1n) is 10.6. The Balaban J connectivity index is 1.60. The van der Waals surface area contributed by atoms with Crippen molar-refractivity contribution in [3.05, 3.63) is 75.7 Å². The number of rotatable bonds is 7. The smallest absolute Gasteiger partial charge is 0.260 e. The molecule has 0 radical (unpaired) electrons. The van der Waals surface area contributed by atoms with Crippen molar-refractivity contribution in [3.8, 4) is 5.75 Å². The average molecular weight is 467 g/mol. The fraction of sp³-hybridized carbons (Fsp3) is 0.280. The van der Waals surface area contributed by atoms with Gasteiger partial charge in [-0.3, -0.25) is 9.59 Å². The van der Waals surface area contributed by atoms with E-state index in [1.165, 1.54) is 16.2 Å². The molecule has 5 nitrogen and oxygen atoms in total. The first-order valence-corrected chi connectivity index (χ1v) is 12.6. The van der Waals surface area contributed by atoms with E-state index < -0.39 is 0 Å². The molecule has 0 atom stereocenters. The number of ether oxygens (including phenoxy) is 1. The van der Waals surface area contributed by atoms with E-state index in [0.717, 1.165) is 41.7 Å². The van der Waals surface area contributed by atoms with Crippen molar-refractivity contribution in [1.82, 2.24) is 5.32 Å². The molecule has 0 saturated carbocycles. The maximum atomic E-state index is 13.2. The minimum atomic E-state index is -0.273. The number of benzene rings is 2. The summed E-state index contributed by atoms with van der Waals surface area (Å²) in [6.45, 7) is 0.446. The van der Waals surface area contributed by atoms with Crippen molar-refractivity contribution >= 4 is 39.9 Å². The number of thiophene rings is 1. The van der Waals surface area contributed by atoms with Gasteiger partial charge in [0.25, 0.3) is 11.8 Å². The van der Waals surface area contributed by atoms with Crippen molar-refractivity contribution in [2.75, 3.05) is 18.7 Å². The fourth-order valence-corrected chi connectivity index (χ4v) is 5.63. The van der Waals surface area contributed by atoms with Crippen LogP contribution in [0.3, 0.4) is 0 Å². The molecule has 1 aliphatic carbocycles. The Hall–Kier alpha value is -2.77. The number of thioether (sulfide) groups is 1. The lowest BCUT2D eigenvalue weighted by molar-refractivity contribution is 0.0951. The summed E-state index contributed by atoms with van der Waals surface area (Å²) in [4.78, 5) is 28.6. The maximum Gasteiger partial charge on any atom is 0.260 e. The number of anilines is 1. The third-order valence-electron chi connectivity index (χ3n) is 5.57. The lowest BCUT2D eigenvalue weighted by atomic mass is 9.95. The quantitative estimate of drug-likeness (QED) is 0.449. The van der Waals surface area contributed by atoms with Crippen molar-refractivity contribution in [2.24, 2.45) is 0 Å². The second-order valence-corrected chi connectivity index (χ2v) is 9.59. The third-order valence-corrected chi connectivity index (χ3v) is 7.51. The van der Waals surface area contributed by atoms with Gasteiger partial charge >= 0.3 is 0 Å². The van der Waals surface area contributed by atoms with Gasteiger partial charge in [0, 0.05) is 16.3 Å². The van der Waals surface area contributed by atoms with Crippen LogP contribution < -0.4 is 15.4 Å². The molecule has 2 aromatic carbocycles. The molecule has 4 rings (SSSR count). The van der Waals surface area contributed by atoms with Crippen LogP contribution in [0.5, 0.6) is 5.75 Å². The molecule has 0 unspecified atom stereocenters. The molecule has 3 aromatic rings. The summed E-state index contributed by atoms with van der Waals surface area (Å²) in [6.07, 6.45) is 5.95. The highest BCUT2D eigenvalue weighted by Crippen LogP contribution is 2.39. The summed E-state index contributed by atoms with van der Waals surface area (Å²) >= 11 is 3.11. The molecule has 0 aliphatic heterocycles. The summed E-state index contributed by atoms with van der Waals surface area (Å²) in [7, 11) is 1.56. The van der Waals surface area contributed by atoms with E-state index in [1.807, 2.05) is 48.7 Å². The molecule has 0 fully saturated rings. The van der Waals surface area contributed by atoms with E-state index in [4.69, 9.17) is 4.74 Å². The predicted octanol–water partition coefficient (Wildman–Crippen LogP) is 5.54. The SMILES string of the molecule is COc1cc(SC)ccc1C(=O)Nc1sc2c(c1C(=O)NCc1ccccc1)CCCC2. The second kappa shape index (κ2) is 10.2. The number of nitrogens with one attached hydrogen (secondary N) is 2. The standard InChI is InChI=1S/C25H26N2O3S2/c1-30-20-14-17(31-2)12-13-18(20)23(28)27-25-22(19-10-6-7-11-21(19)32-25)24(29)26-15-16-8-4-3-5-9-16/h3-5,8-9,12-14H,6-7,10-11,15H2,1-2H3,(H,26,29)(H,27,28). The molecular weight excluding hydrogens is 440 g/mol. The Morgan fingerprint density at radius 3 is 2.59 bits per heavy atom. The number of hydrogen-bond acceptors (Lipinski definition) is 5. The van der Waals surface area contributed by atoms with Crippen LogP contribution in [0.1, 0.15) is 49.6 Å². The first-order chi connectivity index (χ1) is 15.6. The van der Waals surface area contributed by atoms with E-state index in [1.54, 1.807) is 24.9 Å². The predicted molar refractivity (Wildman–Crippen MR) is 131 cm³/mol. The summed E-state index contributed by atoms with van der Waals surface area (Å²) < 4.78 is 5.44. The summed E-state index contributed by atoms with van der Waals surface area (Å²) in [6, 6.07) is 15.3. The van der Waals surface area contributed by atoms with Gasteiger partial charge < -0.3 is 15.4 Å². The van der Waals surface area contributed by atoms with Crippen molar-refractivity contribution in [3.63, 3.8) is 0 Å².